The minimum absolute atomic E-state index is 0.114. The van der Waals surface area contributed by atoms with Gasteiger partial charge in [-0.2, -0.15) is 5.26 Å². The van der Waals surface area contributed by atoms with Gasteiger partial charge in [0, 0.05) is 41.5 Å². The third kappa shape index (κ3) is 9.60. The maximum Gasteiger partial charge on any atom is 0.120 e. The van der Waals surface area contributed by atoms with Crippen LogP contribution in [-0.2, 0) is 0 Å². The molecule has 0 amide bonds. The number of nitrogens with zero attached hydrogens (tertiary/aromatic N) is 4. The number of aliphatic imine (C=N–C) groups is 1. The molecule has 5 nitrogen and oxygen atoms in total. The zero-order valence-electron chi connectivity index (χ0n) is 21.3. The minimum Gasteiger partial charge on any atom is -0.387 e. The van der Waals surface area contributed by atoms with E-state index in [0.29, 0.717) is 18.2 Å². The molecule has 0 spiro atoms. The Morgan fingerprint density at radius 2 is 1.78 bits per heavy atom. The van der Waals surface area contributed by atoms with Gasteiger partial charge in [0.05, 0.1) is 19.6 Å². The Labute approximate surface area is 196 Å². The molecule has 0 atom stereocenters. The average molecular weight is 438 g/mol. The highest BCUT2D eigenvalue weighted by atomic mass is 15.3. The fourth-order valence-corrected chi connectivity index (χ4v) is 3.32. The van der Waals surface area contributed by atoms with Crippen LogP contribution in [0.2, 0.25) is 0 Å². The second kappa shape index (κ2) is 12.3. The molecule has 0 bridgehead atoms. The van der Waals surface area contributed by atoms with Crippen molar-refractivity contribution in [2.24, 2.45) is 22.2 Å². The number of nitrogens with one attached hydrogen (secondary N) is 1. The van der Waals surface area contributed by atoms with Crippen LogP contribution in [0.1, 0.15) is 54.9 Å². The van der Waals surface area contributed by atoms with E-state index in [9.17, 15) is 0 Å². The molecule has 0 radical (unpaired) electrons. The first-order valence-corrected chi connectivity index (χ1v) is 11.5. The van der Waals surface area contributed by atoms with Crippen LogP contribution in [0, 0.1) is 28.6 Å². The van der Waals surface area contributed by atoms with Gasteiger partial charge in [-0.3, -0.25) is 0 Å². The van der Waals surface area contributed by atoms with Crippen molar-refractivity contribution < 1.29 is 0 Å². The summed E-state index contributed by atoms with van der Waals surface area (Å²) in [6, 6.07) is 2.15. The third-order valence-electron chi connectivity index (χ3n) is 5.02. The van der Waals surface area contributed by atoms with Gasteiger partial charge in [-0.05, 0) is 29.9 Å². The predicted octanol–water partition coefficient (Wildman–Crippen LogP) is 5.85. The van der Waals surface area contributed by atoms with Gasteiger partial charge in [-0.25, -0.2) is 4.99 Å². The summed E-state index contributed by atoms with van der Waals surface area (Å²) in [5.41, 5.74) is 4.96. The lowest BCUT2D eigenvalue weighted by atomic mass is 9.90. The highest BCUT2D eigenvalue weighted by molar-refractivity contribution is 6.00. The van der Waals surface area contributed by atoms with Crippen LogP contribution in [-0.4, -0.2) is 41.7 Å². The Morgan fingerprint density at radius 1 is 1.19 bits per heavy atom. The molecule has 32 heavy (non-hydrogen) atoms. The molecule has 0 aliphatic carbocycles. The predicted molar refractivity (Wildman–Crippen MR) is 138 cm³/mol. The zero-order valence-corrected chi connectivity index (χ0v) is 21.3. The lowest BCUT2D eigenvalue weighted by molar-refractivity contribution is 0.245. The monoisotopic (exact) mass is 437 g/mol. The Balaban J connectivity index is 2.93. The van der Waals surface area contributed by atoms with Gasteiger partial charge in [0.2, 0.25) is 0 Å². The highest BCUT2D eigenvalue weighted by Gasteiger charge is 2.26. The van der Waals surface area contributed by atoms with Crippen molar-refractivity contribution in [3.8, 4) is 6.07 Å². The van der Waals surface area contributed by atoms with E-state index in [1.807, 2.05) is 26.0 Å². The number of allylic oxidation sites excluding steroid dienone is 3. The van der Waals surface area contributed by atoms with Gasteiger partial charge in [0.1, 0.15) is 11.8 Å². The van der Waals surface area contributed by atoms with E-state index in [1.165, 1.54) is 0 Å². The minimum atomic E-state index is 0.114. The molecule has 5 heteroatoms. The molecule has 1 saturated heterocycles. The third-order valence-corrected chi connectivity index (χ3v) is 5.02. The molecule has 1 rings (SSSR count). The topological polar surface area (TPSA) is 54.7 Å². The van der Waals surface area contributed by atoms with Crippen molar-refractivity contribution in [2.45, 2.75) is 54.9 Å². The molecule has 0 saturated carbocycles. The first kappa shape index (κ1) is 27.3. The number of nitriles is 1. The molecular formula is C27H43N5. The van der Waals surface area contributed by atoms with E-state index < -0.39 is 0 Å². The van der Waals surface area contributed by atoms with Crippen LogP contribution >= 0.6 is 0 Å². The maximum absolute atomic E-state index is 9.17. The van der Waals surface area contributed by atoms with Crippen LogP contribution in [0.25, 0.3) is 0 Å². The molecule has 1 aliphatic rings. The van der Waals surface area contributed by atoms with E-state index in [0.717, 1.165) is 48.8 Å². The maximum atomic E-state index is 9.17. The molecular weight excluding hydrogens is 394 g/mol. The van der Waals surface area contributed by atoms with Crippen molar-refractivity contribution in [1.29, 1.82) is 5.26 Å². The molecule has 0 aromatic heterocycles. The second-order valence-electron chi connectivity index (χ2n) is 10.5. The second-order valence-corrected chi connectivity index (χ2v) is 10.5. The van der Waals surface area contributed by atoms with Crippen molar-refractivity contribution in [1.82, 2.24) is 15.1 Å². The summed E-state index contributed by atoms with van der Waals surface area (Å²) < 4.78 is 0. The van der Waals surface area contributed by atoms with Crippen molar-refractivity contribution in [3.63, 3.8) is 0 Å². The lowest BCUT2D eigenvalue weighted by Crippen LogP contribution is -2.43. The normalized spacial score (nSPS) is 16.4. The van der Waals surface area contributed by atoms with Gasteiger partial charge < -0.3 is 15.1 Å². The Kier molecular flexibility index (Phi) is 10.5. The van der Waals surface area contributed by atoms with Crippen LogP contribution in [0.4, 0.5) is 0 Å². The smallest absolute Gasteiger partial charge is 0.120 e. The summed E-state index contributed by atoms with van der Waals surface area (Å²) in [5, 5.41) is 12.7. The van der Waals surface area contributed by atoms with E-state index in [-0.39, 0.29) is 11.3 Å². The fraction of sp³-hybridized carbons (Fsp3) is 0.556. The van der Waals surface area contributed by atoms with E-state index in [4.69, 9.17) is 5.26 Å². The van der Waals surface area contributed by atoms with Crippen LogP contribution in [0.15, 0.2) is 65.9 Å². The van der Waals surface area contributed by atoms with Crippen LogP contribution in [0.3, 0.4) is 0 Å². The number of rotatable bonds is 10. The molecule has 1 fully saturated rings. The first-order chi connectivity index (χ1) is 14.8. The van der Waals surface area contributed by atoms with Gasteiger partial charge in [0.25, 0.3) is 0 Å². The van der Waals surface area contributed by atoms with Gasteiger partial charge in [-0.1, -0.05) is 68.2 Å². The molecule has 176 valence electrons. The summed E-state index contributed by atoms with van der Waals surface area (Å²) in [6.07, 6.45) is 6.54. The molecule has 1 aliphatic heterocycles. The molecule has 0 aromatic carbocycles. The summed E-state index contributed by atoms with van der Waals surface area (Å²) in [6.45, 7) is 31.0. The van der Waals surface area contributed by atoms with Crippen molar-refractivity contribution in [3.05, 3.63) is 60.9 Å². The van der Waals surface area contributed by atoms with Gasteiger partial charge >= 0.3 is 0 Å². The number of piperazine rings is 1. The molecule has 1 N–H and O–H groups in total. The molecule has 0 aromatic rings. The van der Waals surface area contributed by atoms with E-state index in [2.05, 4.69) is 80.5 Å². The average Bonchev–Trinajstić information content (AvgIpc) is 2.66. The summed E-state index contributed by atoms with van der Waals surface area (Å²) in [4.78, 5) is 8.75. The van der Waals surface area contributed by atoms with Crippen LogP contribution in [0.5, 0.6) is 0 Å². The molecule has 1 heterocycles. The van der Waals surface area contributed by atoms with E-state index in [1.54, 1.807) is 6.20 Å². The van der Waals surface area contributed by atoms with Crippen LogP contribution < -0.4 is 5.32 Å². The lowest BCUT2D eigenvalue weighted by Gasteiger charge is -2.42. The largest absolute Gasteiger partial charge is 0.387 e. The summed E-state index contributed by atoms with van der Waals surface area (Å²) in [7, 11) is 0. The SMILES string of the molecule is C=C(CC(C)(C)C)N1CC(=C)N(C/C(=C/C=C/N=C(C#N)C(C)C)NCC(C)C)C(=C)C1. The Morgan fingerprint density at radius 3 is 2.25 bits per heavy atom. The first-order valence-electron chi connectivity index (χ1n) is 11.5. The number of hydrogen-bond acceptors (Lipinski definition) is 5. The Bertz CT molecular complexity index is 794. The fourth-order valence-electron chi connectivity index (χ4n) is 3.32. The summed E-state index contributed by atoms with van der Waals surface area (Å²) in [5.74, 6) is 0.638. The highest BCUT2D eigenvalue weighted by Crippen LogP contribution is 2.29. The van der Waals surface area contributed by atoms with Crippen molar-refractivity contribution in [2.75, 3.05) is 26.2 Å². The number of hydrogen-bond donors (Lipinski definition) is 1. The van der Waals surface area contributed by atoms with Gasteiger partial charge in [0.15, 0.2) is 0 Å². The zero-order chi connectivity index (χ0) is 24.5. The summed E-state index contributed by atoms with van der Waals surface area (Å²) >= 11 is 0. The van der Waals surface area contributed by atoms with Gasteiger partial charge in [-0.15, -0.1) is 0 Å². The molecule has 0 unspecified atom stereocenters. The Hall–Kier alpha value is -2.74. The van der Waals surface area contributed by atoms with E-state index >= 15 is 0 Å². The quantitative estimate of drug-likeness (QED) is 0.344. The standard InChI is InChI=1S/C27H43N5/c1-20(2)16-30-25(12-11-13-29-26(15-28)21(3)4)19-32-23(6)17-31(18-24(32)7)22(5)14-27(8,9)10/h11-13,20-21,30H,5-7,14,16-19H2,1-4,8-10H3/b13-11+,25-12-,29-26?. The van der Waals surface area contributed by atoms with Crippen molar-refractivity contribution >= 4 is 5.71 Å².